The Kier molecular flexibility index (Phi) is 6.59. The van der Waals surface area contributed by atoms with Crippen LogP contribution in [0.4, 0.5) is 17.6 Å². The Bertz CT molecular complexity index is 937. The molecule has 2 heterocycles. The quantitative estimate of drug-likeness (QED) is 0.522. The van der Waals surface area contributed by atoms with Crippen LogP contribution >= 0.6 is 11.8 Å². The van der Waals surface area contributed by atoms with E-state index in [2.05, 4.69) is 15.0 Å². The van der Waals surface area contributed by atoms with Gasteiger partial charge in [-0.15, -0.1) is 0 Å². The summed E-state index contributed by atoms with van der Waals surface area (Å²) in [6, 6.07) is 5.68. The number of alkyl halides is 4. The van der Waals surface area contributed by atoms with Crippen molar-refractivity contribution in [1.82, 2.24) is 9.97 Å². The lowest BCUT2D eigenvalue weighted by Crippen LogP contribution is -2.44. The maximum Gasteiger partial charge on any atom is 0.417 e. The van der Waals surface area contributed by atoms with Gasteiger partial charge in [0, 0.05) is 12.2 Å². The first-order valence-corrected chi connectivity index (χ1v) is 9.92. The van der Waals surface area contributed by atoms with Gasteiger partial charge in [0.15, 0.2) is 16.5 Å². The number of aliphatic imine (C=N–C) groups is 1. The van der Waals surface area contributed by atoms with Crippen molar-refractivity contribution in [3.8, 4) is 5.88 Å². The van der Waals surface area contributed by atoms with Crippen LogP contribution in [0.2, 0.25) is 0 Å². The van der Waals surface area contributed by atoms with Gasteiger partial charge in [-0.2, -0.15) is 13.2 Å². The smallest absolute Gasteiger partial charge is 0.417 e. The maximum atomic E-state index is 13.9. The van der Waals surface area contributed by atoms with Gasteiger partial charge in [-0.3, -0.25) is 4.79 Å². The molecule has 0 amide bonds. The molecular weight excluding hydrogens is 424 g/mol. The van der Waals surface area contributed by atoms with Crippen LogP contribution in [0.3, 0.4) is 0 Å². The summed E-state index contributed by atoms with van der Waals surface area (Å²) in [5.41, 5.74) is 3.50. The summed E-state index contributed by atoms with van der Waals surface area (Å²) >= 11 is 1.08. The molecule has 0 bridgehead atoms. The molecular formula is C19H18F4N4O2S. The lowest BCUT2D eigenvalue weighted by Gasteiger charge is -2.35. The molecule has 1 unspecified atom stereocenters. The Morgan fingerprint density at radius 1 is 1.27 bits per heavy atom. The molecule has 1 aliphatic heterocycles. The van der Waals surface area contributed by atoms with E-state index in [1.54, 1.807) is 6.07 Å². The third-order valence-corrected chi connectivity index (χ3v) is 5.29. The van der Waals surface area contributed by atoms with E-state index in [1.165, 1.54) is 30.6 Å². The van der Waals surface area contributed by atoms with Crippen LogP contribution in [0.1, 0.15) is 28.0 Å². The van der Waals surface area contributed by atoms with E-state index >= 15 is 0 Å². The summed E-state index contributed by atoms with van der Waals surface area (Å²) in [6.45, 7) is -0.867. The SMILES string of the molecule is NC1=NC(c2cccc(CC(=O)c3cnc(OCCF)cn3)c2)(C(F)(F)F)CCS1. The van der Waals surface area contributed by atoms with Gasteiger partial charge in [-0.25, -0.2) is 19.4 Å². The molecule has 11 heteroatoms. The summed E-state index contributed by atoms with van der Waals surface area (Å²) in [4.78, 5) is 24.0. The molecule has 0 saturated carbocycles. The number of nitrogens with two attached hydrogens (primary N) is 1. The van der Waals surface area contributed by atoms with Gasteiger partial charge in [0.2, 0.25) is 5.88 Å². The second kappa shape index (κ2) is 8.99. The molecule has 2 N–H and O–H groups in total. The number of hydrogen-bond donors (Lipinski definition) is 1. The molecule has 30 heavy (non-hydrogen) atoms. The minimum absolute atomic E-state index is 0.0230. The van der Waals surface area contributed by atoms with Crippen LogP contribution in [0.5, 0.6) is 5.88 Å². The summed E-state index contributed by atoms with van der Waals surface area (Å²) in [5, 5.41) is -0.120. The van der Waals surface area contributed by atoms with Gasteiger partial charge in [0.25, 0.3) is 0 Å². The number of benzene rings is 1. The molecule has 2 aromatic rings. The number of ketones is 1. The number of thioether (sulfide) groups is 1. The molecule has 160 valence electrons. The third kappa shape index (κ3) is 4.72. The fraction of sp³-hybridized carbons (Fsp3) is 0.368. The highest BCUT2D eigenvalue weighted by Crippen LogP contribution is 2.48. The van der Waals surface area contributed by atoms with Gasteiger partial charge in [-0.1, -0.05) is 36.0 Å². The van der Waals surface area contributed by atoms with Crippen molar-refractivity contribution < 1.29 is 27.1 Å². The first-order chi connectivity index (χ1) is 14.2. The van der Waals surface area contributed by atoms with Crippen LogP contribution in [-0.2, 0) is 12.0 Å². The summed E-state index contributed by atoms with van der Waals surface area (Å²) < 4.78 is 58.9. The molecule has 3 rings (SSSR count). The molecule has 0 fully saturated rings. The van der Waals surface area contributed by atoms with E-state index in [0.29, 0.717) is 5.56 Å². The van der Waals surface area contributed by atoms with Crippen LogP contribution in [0.15, 0.2) is 41.7 Å². The van der Waals surface area contributed by atoms with Crippen molar-refractivity contribution >= 4 is 22.7 Å². The monoisotopic (exact) mass is 442 g/mol. The first kappa shape index (κ1) is 22.0. The van der Waals surface area contributed by atoms with Gasteiger partial charge in [-0.05, 0) is 17.5 Å². The second-order valence-corrected chi connectivity index (χ2v) is 7.60. The highest BCUT2D eigenvalue weighted by molar-refractivity contribution is 8.13. The number of carbonyl (C=O) groups excluding carboxylic acids is 1. The minimum atomic E-state index is -4.64. The van der Waals surface area contributed by atoms with E-state index in [-0.39, 0.29) is 47.5 Å². The molecule has 0 spiro atoms. The zero-order valence-corrected chi connectivity index (χ0v) is 16.5. The number of aromatic nitrogens is 2. The molecule has 0 aliphatic carbocycles. The van der Waals surface area contributed by atoms with E-state index in [0.717, 1.165) is 11.8 Å². The van der Waals surface area contributed by atoms with Crippen LogP contribution in [0.25, 0.3) is 0 Å². The van der Waals surface area contributed by atoms with E-state index < -0.39 is 24.2 Å². The largest absolute Gasteiger partial charge is 0.474 e. The Morgan fingerprint density at radius 2 is 2.07 bits per heavy atom. The van der Waals surface area contributed by atoms with Crippen molar-refractivity contribution in [2.45, 2.75) is 24.6 Å². The number of ether oxygens (including phenoxy) is 1. The molecule has 0 radical (unpaired) electrons. The zero-order valence-electron chi connectivity index (χ0n) is 15.7. The minimum Gasteiger partial charge on any atom is -0.474 e. The standard InChI is InChI=1S/C19H18F4N4O2S/c20-5-6-29-16-11-25-14(10-26-16)15(28)9-12-2-1-3-13(8-12)18(19(21,22)23)4-7-30-17(24)27-18/h1-3,8,10-11H,4-7,9H2,(H2,24,27). The molecule has 0 saturated heterocycles. The fourth-order valence-electron chi connectivity index (χ4n) is 3.05. The lowest BCUT2D eigenvalue weighted by molar-refractivity contribution is -0.189. The second-order valence-electron chi connectivity index (χ2n) is 6.48. The number of halogens is 4. The number of Topliss-reactive ketones (excluding diaryl/α,β-unsaturated/α-hetero) is 1. The lowest BCUT2D eigenvalue weighted by atomic mass is 9.85. The highest BCUT2D eigenvalue weighted by atomic mass is 32.2. The number of carbonyl (C=O) groups is 1. The van der Waals surface area contributed by atoms with E-state index in [1.807, 2.05) is 0 Å². The van der Waals surface area contributed by atoms with Gasteiger partial charge in [0.05, 0.1) is 12.4 Å². The van der Waals surface area contributed by atoms with Gasteiger partial charge < -0.3 is 10.5 Å². The predicted octanol–water partition coefficient (Wildman–Crippen LogP) is 3.46. The highest BCUT2D eigenvalue weighted by Gasteiger charge is 2.57. The van der Waals surface area contributed by atoms with Crippen LogP contribution in [-0.4, -0.2) is 46.1 Å². The van der Waals surface area contributed by atoms with Crippen molar-refractivity contribution in [3.05, 3.63) is 53.5 Å². The molecule has 1 atom stereocenters. The van der Waals surface area contributed by atoms with E-state index in [9.17, 15) is 22.4 Å². The first-order valence-electron chi connectivity index (χ1n) is 8.93. The summed E-state index contributed by atoms with van der Waals surface area (Å²) in [5.74, 6) is -0.173. The zero-order chi connectivity index (χ0) is 21.8. The average Bonchev–Trinajstić information content (AvgIpc) is 2.72. The number of hydrogen-bond acceptors (Lipinski definition) is 7. The molecule has 1 aromatic heterocycles. The molecule has 6 nitrogen and oxygen atoms in total. The number of rotatable bonds is 7. The summed E-state index contributed by atoms with van der Waals surface area (Å²) in [7, 11) is 0. The Labute approximate surface area is 174 Å². The fourth-order valence-corrected chi connectivity index (χ4v) is 3.88. The predicted molar refractivity (Wildman–Crippen MR) is 104 cm³/mol. The number of nitrogens with zero attached hydrogens (tertiary/aromatic N) is 3. The normalized spacial score (nSPS) is 19.3. The Hall–Kier alpha value is -2.69. The van der Waals surface area contributed by atoms with Crippen molar-refractivity contribution in [3.63, 3.8) is 0 Å². The average molecular weight is 442 g/mol. The molecule has 1 aromatic carbocycles. The maximum absolute atomic E-state index is 13.9. The third-order valence-electron chi connectivity index (χ3n) is 4.49. The van der Waals surface area contributed by atoms with Crippen LogP contribution in [0, 0.1) is 0 Å². The molecule has 1 aliphatic rings. The van der Waals surface area contributed by atoms with Crippen LogP contribution < -0.4 is 10.5 Å². The van der Waals surface area contributed by atoms with E-state index in [4.69, 9.17) is 10.5 Å². The van der Waals surface area contributed by atoms with Gasteiger partial charge in [0.1, 0.15) is 19.0 Å². The van der Waals surface area contributed by atoms with Crippen molar-refractivity contribution in [2.24, 2.45) is 10.7 Å². The van der Waals surface area contributed by atoms with Crippen molar-refractivity contribution in [2.75, 3.05) is 19.0 Å². The Morgan fingerprint density at radius 3 is 2.70 bits per heavy atom. The Balaban J connectivity index is 1.83. The summed E-state index contributed by atoms with van der Waals surface area (Å²) in [6.07, 6.45) is -2.68. The van der Waals surface area contributed by atoms with Gasteiger partial charge >= 0.3 is 6.18 Å². The topological polar surface area (TPSA) is 90.5 Å². The number of amidine groups is 1. The van der Waals surface area contributed by atoms with Crippen molar-refractivity contribution in [1.29, 1.82) is 0 Å².